The monoisotopic (exact) mass is 402 g/mol. The van der Waals surface area contributed by atoms with Gasteiger partial charge >= 0.3 is 0 Å². The molecule has 2 aliphatic heterocycles. The first-order chi connectivity index (χ1) is 12.8. The smallest absolute Gasteiger partial charge is 0.282 e. The second-order valence-corrected chi connectivity index (χ2v) is 10.1. The third kappa shape index (κ3) is 5.63. The van der Waals surface area contributed by atoms with E-state index in [0.29, 0.717) is 51.9 Å². The molecule has 0 aromatic heterocycles. The lowest BCUT2D eigenvalue weighted by Crippen LogP contribution is -2.57. The third-order valence-electron chi connectivity index (χ3n) is 5.71. The summed E-state index contributed by atoms with van der Waals surface area (Å²) in [6.07, 6.45) is 5.63. The number of hydrogen-bond donors (Lipinski definition) is 1. The van der Waals surface area contributed by atoms with Crippen molar-refractivity contribution in [1.82, 2.24) is 18.8 Å². The molecule has 0 spiro atoms. The van der Waals surface area contributed by atoms with E-state index in [4.69, 9.17) is 4.74 Å². The van der Waals surface area contributed by atoms with E-state index in [2.05, 4.69) is 10.2 Å². The van der Waals surface area contributed by atoms with Crippen LogP contribution in [-0.2, 0) is 19.7 Å². The Bertz CT molecular complexity index is 590. The van der Waals surface area contributed by atoms with E-state index < -0.39 is 10.2 Å². The Labute approximate surface area is 163 Å². The van der Waals surface area contributed by atoms with Crippen LogP contribution in [0.15, 0.2) is 0 Å². The zero-order valence-corrected chi connectivity index (χ0v) is 17.4. The minimum atomic E-state index is -3.47. The quantitative estimate of drug-likeness (QED) is 0.720. The summed E-state index contributed by atoms with van der Waals surface area (Å²) in [6.45, 7) is 7.00. The van der Waals surface area contributed by atoms with Crippen molar-refractivity contribution in [3.63, 3.8) is 0 Å². The van der Waals surface area contributed by atoms with Crippen LogP contribution in [0, 0.1) is 0 Å². The fraction of sp³-hybridized carbons (Fsp3) is 0.944. The largest absolute Gasteiger partial charge is 0.373 e. The second-order valence-electron chi connectivity index (χ2n) is 8.16. The molecule has 2 saturated heterocycles. The molecule has 2 atom stereocenters. The Morgan fingerprint density at radius 2 is 1.56 bits per heavy atom. The van der Waals surface area contributed by atoms with Crippen LogP contribution in [0.4, 0.5) is 0 Å². The number of carbonyl (C=O) groups is 1. The lowest BCUT2D eigenvalue weighted by molar-refractivity contribution is -0.123. The zero-order chi connectivity index (χ0) is 19.4. The minimum Gasteiger partial charge on any atom is -0.373 e. The van der Waals surface area contributed by atoms with Crippen LogP contribution in [0.5, 0.6) is 0 Å². The van der Waals surface area contributed by atoms with Gasteiger partial charge < -0.3 is 10.1 Å². The van der Waals surface area contributed by atoms with Crippen molar-refractivity contribution in [2.45, 2.75) is 64.2 Å². The summed E-state index contributed by atoms with van der Waals surface area (Å²) >= 11 is 0. The normalized spacial score (nSPS) is 30.3. The van der Waals surface area contributed by atoms with Gasteiger partial charge in [-0.1, -0.05) is 19.3 Å². The number of nitrogens with one attached hydrogen (secondary N) is 1. The van der Waals surface area contributed by atoms with E-state index in [0.717, 1.165) is 12.8 Å². The second kappa shape index (κ2) is 9.17. The molecule has 3 aliphatic rings. The third-order valence-corrected chi connectivity index (χ3v) is 7.68. The van der Waals surface area contributed by atoms with E-state index in [-0.39, 0.29) is 18.1 Å². The van der Waals surface area contributed by atoms with E-state index in [1.54, 1.807) is 4.31 Å². The Kier molecular flexibility index (Phi) is 7.13. The number of ether oxygens (including phenoxy) is 1. The first-order valence-electron chi connectivity index (χ1n) is 10.3. The molecule has 1 saturated carbocycles. The van der Waals surface area contributed by atoms with Crippen molar-refractivity contribution in [3.05, 3.63) is 0 Å². The van der Waals surface area contributed by atoms with Crippen LogP contribution in [0.3, 0.4) is 0 Å². The standard InChI is InChI=1S/C18H34N4O4S/c1-15-12-22(13-16(2)26-15)27(24,25)21-10-8-20(9-11-21)14-18(23)19-17-6-4-3-5-7-17/h15-17H,3-14H2,1-2H3,(H,19,23). The fourth-order valence-corrected chi connectivity index (χ4v) is 6.07. The summed E-state index contributed by atoms with van der Waals surface area (Å²) in [4.78, 5) is 14.3. The van der Waals surface area contributed by atoms with Gasteiger partial charge in [0.15, 0.2) is 0 Å². The van der Waals surface area contributed by atoms with Crippen molar-refractivity contribution in [3.8, 4) is 0 Å². The molecular weight excluding hydrogens is 368 g/mol. The molecule has 3 fully saturated rings. The predicted molar refractivity (Wildman–Crippen MR) is 104 cm³/mol. The van der Waals surface area contributed by atoms with Gasteiger partial charge in [-0.25, -0.2) is 0 Å². The van der Waals surface area contributed by atoms with Crippen LogP contribution < -0.4 is 5.32 Å². The summed E-state index contributed by atoms with van der Waals surface area (Å²) in [6, 6.07) is 0.318. The number of hydrogen-bond acceptors (Lipinski definition) is 5. The van der Waals surface area contributed by atoms with Crippen LogP contribution >= 0.6 is 0 Å². The number of piperazine rings is 1. The first-order valence-corrected chi connectivity index (χ1v) is 11.7. The molecule has 1 amide bonds. The first kappa shape index (κ1) is 21.0. The Morgan fingerprint density at radius 3 is 2.15 bits per heavy atom. The molecule has 2 heterocycles. The van der Waals surface area contributed by atoms with Gasteiger partial charge in [-0.2, -0.15) is 17.0 Å². The van der Waals surface area contributed by atoms with Gasteiger partial charge in [0.05, 0.1) is 18.8 Å². The van der Waals surface area contributed by atoms with Gasteiger partial charge in [0.25, 0.3) is 10.2 Å². The van der Waals surface area contributed by atoms with E-state index in [9.17, 15) is 13.2 Å². The van der Waals surface area contributed by atoms with Crippen molar-refractivity contribution < 1.29 is 17.9 Å². The summed E-state index contributed by atoms with van der Waals surface area (Å²) in [5.41, 5.74) is 0. The molecule has 156 valence electrons. The molecule has 27 heavy (non-hydrogen) atoms. The van der Waals surface area contributed by atoms with Crippen molar-refractivity contribution >= 4 is 16.1 Å². The van der Waals surface area contributed by atoms with E-state index in [1.165, 1.54) is 23.6 Å². The molecule has 0 aromatic carbocycles. The van der Waals surface area contributed by atoms with Gasteiger partial charge in [-0.15, -0.1) is 0 Å². The van der Waals surface area contributed by atoms with Crippen molar-refractivity contribution in [2.24, 2.45) is 0 Å². The Balaban J connectivity index is 1.45. The van der Waals surface area contributed by atoms with Crippen molar-refractivity contribution in [1.29, 1.82) is 0 Å². The molecule has 0 radical (unpaired) electrons. The summed E-state index contributed by atoms with van der Waals surface area (Å²) in [5.74, 6) is 0.0639. The molecule has 1 N–H and O–H groups in total. The zero-order valence-electron chi connectivity index (χ0n) is 16.6. The molecule has 1 aliphatic carbocycles. The maximum Gasteiger partial charge on any atom is 0.282 e. The lowest BCUT2D eigenvalue weighted by Gasteiger charge is -2.40. The van der Waals surface area contributed by atoms with Gasteiger partial charge in [0, 0.05) is 45.3 Å². The summed E-state index contributed by atoms with van der Waals surface area (Å²) < 4.78 is 34.6. The van der Waals surface area contributed by atoms with Gasteiger partial charge in [0.2, 0.25) is 5.91 Å². The molecule has 3 rings (SSSR count). The highest BCUT2D eigenvalue weighted by Crippen LogP contribution is 2.19. The average Bonchev–Trinajstić information content (AvgIpc) is 2.62. The maximum absolute atomic E-state index is 12.9. The molecule has 0 aromatic rings. The lowest BCUT2D eigenvalue weighted by atomic mass is 9.95. The SMILES string of the molecule is CC1CN(S(=O)(=O)N2CCN(CC(=O)NC3CCCCC3)CC2)CC(C)O1. The van der Waals surface area contributed by atoms with Crippen LogP contribution in [0.25, 0.3) is 0 Å². The Morgan fingerprint density at radius 1 is 0.963 bits per heavy atom. The molecule has 0 bridgehead atoms. The summed E-state index contributed by atoms with van der Waals surface area (Å²) in [7, 11) is -3.47. The number of nitrogens with zero attached hydrogens (tertiary/aromatic N) is 3. The number of amides is 1. The fourth-order valence-electron chi connectivity index (χ4n) is 4.32. The van der Waals surface area contributed by atoms with E-state index in [1.807, 2.05) is 13.8 Å². The predicted octanol–water partition coefficient (Wildman–Crippen LogP) is 0.407. The van der Waals surface area contributed by atoms with Gasteiger partial charge in [-0.05, 0) is 26.7 Å². The maximum atomic E-state index is 12.9. The molecule has 9 heteroatoms. The summed E-state index contributed by atoms with van der Waals surface area (Å²) in [5, 5.41) is 3.13. The highest BCUT2D eigenvalue weighted by Gasteiger charge is 2.36. The number of rotatable bonds is 5. The number of carbonyl (C=O) groups excluding carboxylic acids is 1. The van der Waals surface area contributed by atoms with E-state index >= 15 is 0 Å². The van der Waals surface area contributed by atoms with Crippen LogP contribution in [0.2, 0.25) is 0 Å². The highest BCUT2D eigenvalue weighted by atomic mass is 32.2. The molecule has 2 unspecified atom stereocenters. The Hall–Kier alpha value is -0.740. The number of morpholine rings is 1. The molecular formula is C18H34N4O4S. The van der Waals surface area contributed by atoms with Gasteiger partial charge in [-0.3, -0.25) is 9.69 Å². The van der Waals surface area contributed by atoms with Gasteiger partial charge in [0.1, 0.15) is 0 Å². The van der Waals surface area contributed by atoms with Crippen LogP contribution in [0.1, 0.15) is 46.0 Å². The topological polar surface area (TPSA) is 82.2 Å². The minimum absolute atomic E-state index is 0.0639. The van der Waals surface area contributed by atoms with Crippen molar-refractivity contribution in [2.75, 3.05) is 45.8 Å². The average molecular weight is 403 g/mol. The highest BCUT2D eigenvalue weighted by molar-refractivity contribution is 7.86. The molecule has 8 nitrogen and oxygen atoms in total. The van der Waals surface area contributed by atoms with Crippen LogP contribution in [-0.4, -0.2) is 91.9 Å².